The van der Waals surface area contributed by atoms with Gasteiger partial charge in [-0.1, -0.05) is 43.5 Å². The van der Waals surface area contributed by atoms with Crippen molar-refractivity contribution in [3.8, 4) is 0 Å². The summed E-state index contributed by atoms with van der Waals surface area (Å²) < 4.78 is 6.62. The first-order valence-electron chi connectivity index (χ1n) is 12.1. The van der Waals surface area contributed by atoms with E-state index < -0.39 is 29.1 Å². The van der Waals surface area contributed by atoms with Gasteiger partial charge in [0.2, 0.25) is 17.7 Å². The van der Waals surface area contributed by atoms with Crippen LogP contribution in [0.15, 0.2) is 24.3 Å². The highest BCUT2D eigenvalue weighted by Crippen LogP contribution is 2.65. The summed E-state index contributed by atoms with van der Waals surface area (Å²) in [6, 6.07) is 6.11. The Morgan fingerprint density at radius 1 is 1.21 bits per heavy atom. The van der Waals surface area contributed by atoms with Crippen molar-refractivity contribution in [2.45, 2.75) is 63.2 Å². The van der Waals surface area contributed by atoms with Gasteiger partial charge in [-0.2, -0.15) is 0 Å². The lowest BCUT2D eigenvalue weighted by Crippen LogP contribution is -2.54. The Kier molecular flexibility index (Phi) is 6.95. The largest absolute Gasteiger partial charge is 0.396 e. The molecule has 186 valence electrons. The smallest absolute Gasteiger partial charge is 0.250 e. The number of benzene rings is 1. The van der Waals surface area contributed by atoms with E-state index in [1.54, 1.807) is 36.2 Å². The van der Waals surface area contributed by atoms with E-state index in [1.807, 2.05) is 13.8 Å². The number of nitrogens with zero attached hydrogens (tertiary/aromatic N) is 1. The zero-order valence-electron chi connectivity index (χ0n) is 20.0. The van der Waals surface area contributed by atoms with Crippen LogP contribution in [-0.2, 0) is 19.1 Å². The Morgan fingerprint density at radius 3 is 2.59 bits per heavy atom. The molecule has 3 aliphatic heterocycles. The normalized spacial score (nSPS) is 33.8. The van der Waals surface area contributed by atoms with Crippen molar-refractivity contribution in [3.63, 3.8) is 0 Å². The highest BCUT2D eigenvalue weighted by molar-refractivity contribution is 6.33. The fourth-order valence-corrected chi connectivity index (χ4v) is 6.53. The highest BCUT2D eigenvalue weighted by Gasteiger charge is 2.79. The zero-order chi connectivity index (χ0) is 24.7. The molecule has 9 heteroatoms. The summed E-state index contributed by atoms with van der Waals surface area (Å²) in [5.41, 5.74) is -1.42. The lowest BCUT2D eigenvalue weighted by atomic mass is 9.62. The summed E-state index contributed by atoms with van der Waals surface area (Å²) in [6.45, 7) is 4.43. The van der Waals surface area contributed by atoms with Gasteiger partial charge in [-0.25, -0.2) is 0 Å². The molecule has 3 amide bonds. The number of amides is 3. The molecule has 3 heterocycles. The van der Waals surface area contributed by atoms with Crippen LogP contribution in [0, 0.1) is 17.8 Å². The third-order valence-electron chi connectivity index (χ3n) is 8.03. The van der Waals surface area contributed by atoms with Crippen molar-refractivity contribution >= 4 is 35.0 Å². The average molecular weight is 492 g/mol. The molecule has 3 unspecified atom stereocenters. The third-order valence-corrected chi connectivity index (χ3v) is 8.36. The minimum atomic E-state index is -1.07. The number of hydrogen-bond donors (Lipinski definition) is 3. The Morgan fingerprint density at radius 2 is 1.91 bits per heavy atom. The number of para-hydroxylation sites is 1. The summed E-state index contributed by atoms with van der Waals surface area (Å²) in [5, 5.41) is 15.1. The van der Waals surface area contributed by atoms with Crippen LogP contribution < -0.4 is 10.6 Å². The van der Waals surface area contributed by atoms with Crippen LogP contribution in [-0.4, -0.2) is 65.2 Å². The number of unbranched alkanes of at least 4 members (excludes halogenated alkanes) is 3. The van der Waals surface area contributed by atoms with Gasteiger partial charge < -0.3 is 25.4 Å². The molecule has 8 nitrogen and oxygen atoms in total. The summed E-state index contributed by atoms with van der Waals surface area (Å²) in [4.78, 5) is 42.2. The van der Waals surface area contributed by atoms with E-state index in [-0.39, 0.29) is 30.2 Å². The molecule has 6 atom stereocenters. The number of ether oxygens (including phenoxy) is 1. The molecule has 0 aromatic heterocycles. The summed E-state index contributed by atoms with van der Waals surface area (Å²) in [5.74, 6) is -2.17. The molecule has 2 bridgehead atoms. The van der Waals surface area contributed by atoms with Crippen LogP contribution >= 0.6 is 11.6 Å². The maximum absolute atomic E-state index is 13.8. The SMILES string of the molecule is CNC(=O)[C@H]1[C@H]2C(=O)N(CCCCCCO)C(C(=O)Nc3ccccc3Cl)C23CC(C)[C@]1(C)O3. The maximum Gasteiger partial charge on any atom is 0.250 e. The monoisotopic (exact) mass is 491 g/mol. The quantitative estimate of drug-likeness (QED) is 0.460. The first kappa shape index (κ1) is 24.9. The number of fused-ring (bicyclic) bond motifs is 1. The second-order valence-corrected chi connectivity index (χ2v) is 10.4. The molecule has 1 spiro atoms. The number of halogens is 1. The molecule has 34 heavy (non-hydrogen) atoms. The second-order valence-electron chi connectivity index (χ2n) is 9.96. The molecule has 0 aliphatic carbocycles. The Labute approximate surface area is 205 Å². The molecular formula is C25H34ClN3O5. The van der Waals surface area contributed by atoms with Crippen molar-refractivity contribution in [1.29, 1.82) is 0 Å². The second kappa shape index (κ2) is 9.47. The minimum absolute atomic E-state index is 0.000956. The maximum atomic E-state index is 13.8. The minimum Gasteiger partial charge on any atom is -0.396 e. The fourth-order valence-electron chi connectivity index (χ4n) is 6.35. The van der Waals surface area contributed by atoms with E-state index in [4.69, 9.17) is 21.4 Å². The molecule has 3 saturated heterocycles. The standard InChI is InChI=1S/C25H34ClN3O5/c1-15-14-25-19(18(21(31)27-3)24(15,2)34-25)23(33)29(12-8-4-5-9-13-30)20(25)22(32)28-17-11-7-6-10-16(17)26/h6-7,10-11,15,18-20,30H,4-5,8-9,12-14H2,1-3H3,(H,27,31)(H,28,32)/t15?,18-,19+,20?,24+,25?/m1/s1. The average Bonchev–Trinajstić information content (AvgIpc) is 3.31. The molecule has 0 saturated carbocycles. The summed E-state index contributed by atoms with van der Waals surface area (Å²) in [7, 11) is 1.56. The van der Waals surface area contributed by atoms with E-state index in [1.165, 1.54) is 0 Å². The van der Waals surface area contributed by atoms with E-state index in [9.17, 15) is 14.4 Å². The van der Waals surface area contributed by atoms with Gasteiger partial charge in [-0.15, -0.1) is 0 Å². The van der Waals surface area contributed by atoms with Crippen LogP contribution in [0.3, 0.4) is 0 Å². The molecular weight excluding hydrogens is 458 g/mol. The fraction of sp³-hybridized carbons (Fsp3) is 0.640. The molecule has 3 fully saturated rings. The van der Waals surface area contributed by atoms with Crippen LogP contribution in [0.4, 0.5) is 5.69 Å². The van der Waals surface area contributed by atoms with Crippen molar-refractivity contribution < 1.29 is 24.2 Å². The van der Waals surface area contributed by atoms with E-state index >= 15 is 0 Å². The van der Waals surface area contributed by atoms with Crippen LogP contribution in [0.2, 0.25) is 5.02 Å². The number of likely N-dealkylation sites (tertiary alicyclic amines) is 1. The number of nitrogens with one attached hydrogen (secondary N) is 2. The van der Waals surface area contributed by atoms with E-state index in [2.05, 4.69) is 10.6 Å². The van der Waals surface area contributed by atoms with E-state index in [0.29, 0.717) is 36.5 Å². The number of rotatable bonds is 9. The van der Waals surface area contributed by atoms with E-state index in [0.717, 1.165) is 12.8 Å². The highest BCUT2D eigenvalue weighted by atomic mass is 35.5. The topological polar surface area (TPSA) is 108 Å². The number of aliphatic hydroxyl groups excluding tert-OH is 1. The van der Waals surface area contributed by atoms with Gasteiger partial charge in [0.05, 0.1) is 28.1 Å². The van der Waals surface area contributed by atoms with Crippen molar-refractivity contribution in [2.24, 2.45) is 17.8 Å². The molecule has 1 aromatic rings. The zero-order valence-corrected chi connectivity index (χ0v) is 20.7. The van der Waals surface area contributed by atoms with Gasteiger partial charge in [0.25, 0.3) is 0 Å². The first-order chi connectivity index (χ1) is 16.2. The first-order valence-corrected chi connectivity index (χ1v) is 12.5. The van der Waals surface area contributed by atoms with Gasteiger partial charge in [-0.3, -0.25) is 14.4 Å². The van der Waals surface area contributed by atoms with Gasteiger partial charge in [0, 0.05) is 20.2 Å². The predicted molar refractivity (Wildman–Crippen MR) is 128 cm³/mol. The van der Waals surface area contributed by atoms with Crippen LogP contribution in [0.25, 0.3) is 0 Å². The van der Waals surface area contributed by atoms with Gasteiger partial charge in [0.1, 0.15) is 11.6 Å². The van der Waals surface area contributed by atoms with Gasteiger partial charge >= 0.3 is 0 Å². The summed E-state index contributed by atoms with van der Waals surface area (Å²) >= 11 is 6.29. The molecule has 0 radical (unpaired) electrons. The molecule has 4 rings (SSSR count). The molecule has 3 N–H and O–H groups in total. The number of carbonyl (C=O) groups excluding carboxylic acids is 3. The molecule has 3 aliphatic rings. The Bertz CT molecular complexity index is 974. The Balaban J connectivity index is 1.69. The third kappa shape index (κ3) is 3.80. The van der Waals surface area contributed by atoms with Crippen molar-refractivity contribution in [2.75, 3.05) is 25.5 Å². The lowest BCUT2D eigenvalue weighted by Gasteiger charge is -2.36. The Hall–Kier alpha value is -2.16. The van der Waals surface area contributed by atoms with Crippen LogP contribution in [0.1, 0.15) is 46.0 Å². The van der Waals surface area contributed by atoms with Crippen LogP contribution in [0.5, 0.6) is 0 Å². The summed E-state index contributed by atoms with van der Waals surface area (Å²) in [6.07, 6.45) is 3.59. The molecule has 1 aromatic carbocycles. The number of aliphatic hydroxyl groups is 1. The van der Waals surface area contributed by atoms with Crippen molar-refractivity contribution in [3.05, 3.63) is 29.3 Å². The number of carbonyl (C=O) groups is 3. The number of hydrogen-bond acceptors (Lipinski definition) is 5. The van der Waals surface area contributed by atoms with Gasteiger partial charge in [0.15, 0.2) is 0 Å². The predicted octanol–water partition coefficient (Wildman–Crippen LogP) is 2.59. The number of anilines is 1. The van der Waals surface area contributed by atoms with Gasteiger partial charge in [-0.05, 0) is 44.2 Å². The lowest BCUT2D eigenvalue weighted by molar-refractivity contribution is -0.146. The van der Waals surface area contributed by atoms with Crippen molar-refractivity contribution in [1.82, 2.24) is 10.2 Å².